The lowest BCUT2D eigenvalue weighted by Crippen LogP contribution is -2.03. The molecule has 6 nitrogen and oxygen atoms in total. The zero-order chi connectivity index (χ0) is 17.3. The van der Waals surface area contributed by atoms with Crippen molar-refractivity contribution in [3.05, 3.63) is 63.2 Å². The molecule has 3 rings (SSSR count). The SMILES string of the molecule is O=C1Nc2ccc(CCCl)cc2C1=Cc1cc(O)ccc1[N+](=O)[O-]. The lowest BCUT2D eigenvalue weighted by Gasteiger charge is -2.04. The number of halogens is 1. The molecule has 0 bridgehead atoms. The van der Waals surface area contributed by atoms with Crippen LogP contribution in [0.2, 0.25) is 0 Å². The standard InChI is InChI=1S/C17H13ClN2O4/c18-6-5-10-1-3-15-13(7-10)14(17(22)19-15)9-11-8-12(21)2-4-16(11)20(23)24/h1-4,7-9,21H,5-6H2,(H,19,22). The van der Waals surface area contributed by atoms with Crippen LogP contribution in [0.1, 0.15) is 16.7 Å². The van der Waals surface area contributed by atoms with Gasteiger partial charge in [-0.15, -0.1) is 11.6 Å². The highest BCUT2D eigenvalue weighted by molar-refractivity contribution is 6.35. The van der Waals surface area contributed by atoms with E-state index in [2.05, 4.69) is 5.32 Å². The number of anilines is 1. The number of benzene rings is 2. The first-order valence-corrected chi connectivity index (χ1v) is 7.73. The fourth-order valence-corrected chi connectivity index (χ4v) is 2.84. The Morgan fingerprint density at radius 1 is 1.25 bits per heavy atom. The van der Waals surface area contributed by atoms with Crippen molar-refractivity contribution in [3.8, 4) is 5.75 Å². The zero-order valence-corrected chi connectivity index (χ0v) is 13.2. The van der Waals surface area contributed by atoms with Crippen LogP contribution in [-0.4, -0.2) is 21.8 Å². The normalized spacial score (nSPS) is 14.5. The van der Waals surface area contributed by atoms with E-state index < -0.39 is 4.92 Å². The summed E-state index contributed by atoms with van der Waals surface area (Å²) in [5, 5.41) is 23.5. The second-order valence-electron chi connectivity index (χ2n) is 5.33. The van der Waals surface area contributed by atoms with Gasteiger partial charge in [0.1, 0.15) is 5.75 Å². The van der Waals surface area contributed by atoms with Gasteiger partial charge in [0.15, 0.2) is 0 Å². The molecule has 24 heavy (non-hydrogen) atoms. The van der Waals surface area contributed by atoms with Crippen LogP contribution in [0.3, 0.4) is 0 Å². The molecule has 0 aliphatic carbocycles. The molecule has 0 spiro atoms. The molecule has 2 N–H and O–H groups in total. The number of nitro groups is 1. The van der Waals surface area contributed by atoms with Crippen molar-refractivity contribution in [2.75, 3.05) is 11.2 Å². The Balaban J connectivity index is 2.13. The maximum absolute atomic E-state index is 12.2. The Morgan fingerprint density at radius 3 is 2.75 bits per heavy atom. The number of nitrogens with zero attached hydrogens (tertiary/aromatic N) is 1. The van der Waals surface area contributed by atoms with Crippen LogP contribution in [0, 0.1) is 10.1 Å². The van der Waals surface area contributed by atoms with Crippen LogP contribution in [0.4, 0.5) is 11.4 Å². The van der Waals surface area contributed by atoms with Gasteiger partial charge < -0.3 is 10.4 Å². The van der Waals surface area contributed by atoms with Crippen LogP contribution in [-0.2, 0) is 11.2 Å². The van der Waals surface area contributed by atoms with Crippen molar-refractivity contribution in [3.63, 3.8) is 0 Å². The average Bonchev–Trinajstić information content (AvgIpc) is 2.83. The summed E-state index contributed by atoms with van der Waals surface area (Å²) in [4.78, 5) is 22.8. The van der Waals surface area contributed by atoms with Gasteiger partial charge in [0, 0.05) is 28.8 Å². The fourth-order valence-electron chi connectivity index (χ4n) is 2.62. The Bertz CT molecular complexity index is 877. The third-order valence-electron chi connectivity index (χ3n) is 3.76. The maximum Gasteiger partial charge on any atom is 0.276 e. The number of hydrogen-bond acceptors (Lipinski definition) is 4. The number of carbonyl (C=O) groups is 1. The van der Waals surface area contributed by atoms with E-state index in [9.17, 15) is 20.0 Å². The van der Waals surface area contributed by atoms with Gasteiger partial charge in [-0.25, -0.2) is 0 Å². The van der Waals surface area contributed by atoms with Crippen molar-refractivity contribution in [1.82, 2.24) is 0 Å². The molecular weight excluding hydrogens is 332 g/mol. The molecule has 2 aromatic rings. The number of aromatic hydroxyl groups is 1. The number of rotatable bonds is 4. The van der Waals surface area contributed by atoms with Gasteiger partial charge in [-0.3, -0.25) is 14.9 Å². The van der Waals surface area contributed by atoms with Gasteiger partial charge in [0.05, 0.1) is 10.5 Å². The molecule has 7 heteroatoms. The molecule has 0 radical (unpaired) electrons. The topological polar surface area (TPSA) is 92.5 Å². The van der Waals surface area contributed by atoms with E-state index in [-0.39, 0.29) is 22.9 Å². The number of nitro benzene ring substituents is 1. The summed E-state index contributed by atoms with van der Waals surface area (Å²) < 4.78 is 0. The molecule has 0 unspecified atom stereocenters. The first kappa shape index (κ1) is 16.0. The van der Waals surface area contributed by atoms with Gasteiger partial charge in [0.25, 0.3) is 11.6 Å². The average molecular weight is 345 g/mol. The number of aryl methyl sites for hydroxylation is 1. The van der Waals surface area contributed by atoms with Crippen molar-refractivity contribution in [1.29, 1.82) is 0 Å². The molecule has 2 aromatic carbocycles. The molecule has 0 saturated carbocycles. The predicted molar refractivity (Wildman–Crippen MR) is 92.1 cm³/mol. The molecule has 1 amide bonds. The molecule has 0 saturated heterocycles. The van der Waals surface area contributed by atoms with E-state index in [0.717, 1.165) is 5.56 Å². The van der Waals surface area contributed by atoms with E-state index in [1.54, 1.807) is 6.07 Å². The van der Waals surface area contributed by atoms with Crippen LogP contribution in [0.15, 0.2) is 36.4 Å². The fraction of sp³-hybridized carbons (Fsp3) is 0.118. The third-order valence-corrected chi connectivity index (χ3v) is 3.95. The second-order valence-corrected chi connectivity index (χ2v) is 5.71. The van der Waals surface area contributed by atoms with Gasteiger partial charge in [-0.05, 0) is 42.3 Å². The molecular formula is C17H13ClN2O4. The number of phenols is 1. The van der Waals surface area contributed by atoms with Crippen molar-refractivity contribution < 1.29 is 14.8 Å². The van der Waals surface area contributed by atoms with Crippen LogP contribution < -0.4 is 5.32 Å². The molecule has 0 atom stereocenters. The minimum Gasteiger partial charge on any atom is -0.508 e. The second kappa shape index (κ2) is 6.33. The monoisotopic (exact) mass is 344 g/mol. The summed E-state index contributed by atoms with van der Waals surface area (Å²) in [5.74, 6) is 0.00433. The van der Waals surface area contributed by atoms with Gasteiger partial charge in [-0.1, -0.05) is 6.07 Å². The van der Waals surface area contributed by atoms with Crippen molar-refractivity contribution in [2.24, 2.45) is 0 Å². The molecule has 1 aliphatic rings. The minimum absolute atomic E-state index is 0.109. The zero-order valence-electron chi connectivity index (χ0n) is 12.5. The number of carbonyl (C=O) groups excluding carboxylic acids is 1. The summed E-state index contributed by atoms with van der Waals surface area (Å²) >= 11 is 5.75. The van der Waals surface area contributed by atoms with E-state index in [1.807, 2.05) is 12.1 Å². The highest BCUT2D eigenvalue weighted by Crippen LogP contribution is 2.36. The number of alkyl halides is 1. The number of nitrogens with one attached hydrogen (secondary N) is 1. The van der Waals surface area contributed by atoms with Crippen molar-refractivity contribution in [2.45, 2.75) is 6.42 Å². The summed E-state index contributed by atoms with van der Waals surface area (Å²) in [7, 11) is 0. The predicted octanol–water partition coefficient (Wildman–Crippen LogP) is 3.57. The van der Waals surface area contributed by atoms with E-state index in [0.29, 0.717) is 29.1 Å². The number of amides is 1. The molecule has 122 valence electrons. The van der Waals surface area contributed by atoms with Gasteiger partial charge in [-0.2, -0.15) is 0 Å². The quantitative estimate of drug-likeness (QED) is 0.384. The Labute approximate surface area is 142 Å². The summed E-state index contributed by atoms with van der Waals surface area (Å²) in [5.41, 5.74) is 2.58. The lowest BCUT2D eigenvalue weighted by molar-refractivity contribution is -0.385. The number of fused-ring (bicyclic) bond motifs is 1. The third kappa shape index (κ3) is 2.96. The highest BCUT2D eigenvalue weighted by Gasteiger charge is 2.25. The largest absolute Gasteiger partial charge is 0.508 e. The van der Waals surface area contributed by atoms with E-state index in [4.69, 9.17) is 11.6 Å². The summed E-state index contributed by atoms with van der Waals surface area (Å²) in [6, 6.07) is 9.21. The number of phenolic OH excluding ortho intramolecular Hbond substituents is 1. The van der Waals surface area contributed by atoms with Crippen LogP contribution >= 0.6 is 11.6 Å². The van der Waals surface area contributed by atoms with Crippen LogP contribution in [0.25, 0.3) is 11.6 Å². The minimum atomic E-state index is -0.552. The Kier molecular flexibility index (Phi) is 4.22. The maximum atomic E-state index is 12.2. The first-order chi connectivity index (χ1) is 11.5. The molecule has 0 fully saturated rings. The molecule has 1 aliphatic heterocycles. The Morgan fingerprint density at radius 2 is 2.04 bits per heavy atom. The lowest BCUT2D eigenvalue weighted by atomic mass is 10.00. The smallest absolute Gasteiger partial charge is 0.276 e. The van der Waals surface area contributed by atoms with Gasteiger partial charge in [0.2, 0.25) is 0 Å². The summed E-state index contributed by atoms with van der Waals surface area (Å²) in [6.45, 7) is 0. The molecule has 1 heterocycles. The number of hydrogen-bond donors (Lipinski definition) is 2. The van der Waals surface area contributed by atoms with Crippen LogP contribution in [0.5, 0.6) is 5.75 Å². The van der Waals surface area contributed by atoms with Gasteiger partial charge >= 0.3 is 0 Å². The van der Waals surface area contributed by atoms with Crippen molar-refractivity contribution >= 4 is 40.5 Å². The highest BCUT2D eigenvalue weighted by atomic mass is 35.5. The first-order valence-electron chi connectivity index (χ1n) is 7.19. The Hall–Kier alpha value is -2.86. The van der Waals surface area contributed by atoms with E-state index >= 15 is 0 Å². The van der Waals surface area contributed by atoms with E-state index in [1.165, 1.54) is 24.3 Å². The summed E-state index contributed by atoms with van der Waals surface area (Å²) in [6.07, 6.45) is 2.08. The molecule has 0 aromatic heterocycles.